The number of para-hydroxylation sites is 2. The number of pyridine rings is 1. The van der Waals surface area contributed by atoms with Crippen molar-refractivity contribution in [2.24, 2.45) is 0 Å². The summed E-state index contributed by atoms with van der Waals surface area (Å²) in [6.45, 7) is 3.86. The van der Waals surface area contributed by atoms with Crippen LogP contribution < -0.4 is 10.2 Å². The van der Waals surface area contributed by atoms with E-state index < -0.39 is 0 Å². The molecule has 0 unspecified atom stereocenters. The van der Waals surface area contributed by atoms with Crippen LogP contribution in [0.5, 0.6) is 0 Å². The Morgan fingerprint density at radius 2 is 1.74 bits per heavy atom. The van der Waals surface area contributed by atoms with Gasteiger partial charge in [-0.15, -0.1) is 0 Å². The lowest BCUT2D eigenvalue weighted by molar-refractivity contribution is 0.102. The molecular weight excluding hydrogens is 426 g/mol. The minimum atomic E-state index is -0.170. The molecule has 0 spiro atoms. The molecule has 1 amide bonds. The lowest BCUT2D eigenvalue weighted by Crippen LogP contribution is -2.44. The topological polar surface area (TPSA) is 74.5 Å². The molecule has 7 heteroatoms. The van der Waals surface area contributed by atoms with Crippen LogP contribution in [0.4, 0.5) is 11.4 Å². The van der Waals surface area contributed by atoms with Crippen molar-refractivity contribution in [3.05, 3.63) is 71.9 Å². The first kappa shape index (κ1) is 20.9. The van der Waals surface area contributed by atoms with Crippen LogP contribution in [0, 0.1) is 0 Å². The fourth-order valence-electron chi connectivity index (χ4n) is 4.62. The van der Waals surface area contributed by atoms with Gasteiger partial charge in [0.2, 0.25) is 0 Å². The summed E-state index contributed by atoms with van der Waals surface area (Å²) in [7, 11) is 2.14. The van der Waals surface area contributed by atoms with E-state index in [1.807, 2.05) is 54.6 Å². The number of hydrogen-bond donors (Lipinski definition) is 1. The van der Waals surface area contributed by atoms with Gasteiger partial charge >= 0.3 is 0 Å². The van der Waals surface area contributed by atoms with Gasteiger partial charge in [0.25, 0.3) is 11.6 Å². The molecule has 0 radical (unpaired) electrons. The van der Waals surface area contributed by atoms with Crippen LogP contribution in [0.25, 0.3) is 22.4 Å². The SMILES string of the molecule is CN1CCN(c2ccccc2NC(=O)c2cc(C3CC3)nc3onc(-c4ccccc4)c23)CC1. The molecular formula is C27H27N5O2. The second-order valence-corrected chi connectivity index (χ2v) is 9.21. The number of nitrogens with one attached hydrogen (secondary N) is 1. The molecule has 0 bridgehead atoms. The van der Waals surface area contributed by atoms with E-state index in [0.717, 1.165) is 61.7 Å². The highest BCUT2D eigenvalue weighted by Crippen LogP contribution is 2.41. The summed E-state index contributed by atoms with van der Waals surface area (Å²) in [5.74, 6) is 0.218. The maximum absolute atomic E-state index is 13.8. The number of anilines is 2. The van der Waals surface area contributed by atoms with E-state index in [1.165, 1.54) is 0 Å². The maximum Gasteiger partial charge on any atom is 0.259 e. The summed E-state index contributed by atoms with van der Waals surface area (Å²) in [5, 5.41) is 8.15. The van der Waals surface area contributed by atoms with Gasteiger partial charge < -0.3 is 19.6 Å². The summed E-state index contributed by atoms with van der Waals surface area (Å²) in [6.07, 6.45) is 2.18. The molecule has 6 rings (SSSR count). The van der Waals surface area contributed by atoms with Crippen molar-refractivity contribution in [3.63, 3.8) is 0 Å². The Labute approximate surface area is 198 Å². The predicted octanol–water partition coefficient (Wildman–Crippen LogP) is 4.77. The molecule has 2 aromatic heterocycles. The van der Waals surface area contributed by atoms with Gasteiger partial charge in [-0.1, -0.05) is 47.6 Å². The molecule has 1 saturated carbocycles. The fourth-order valence-corrected chi connectivity index (χ4v) is 4.62. The van der Waals surface area contributed by atoms with Crippen LogP contribution in [0.2, 0.25) is 0 Å². The van der Waals surface area contributed by atoms with Crippen LogP contribution in [0.15, 0.2) is 65.2 Å². The van der Waals surface area contributed by atoms with E-state index in [4.69, 9.17) is 9.51 Å². The Balaban J connectivity index is 1.40. The van der Waals surface area contributed by atoms with Gasteiger partial charge in [0.1, 0.15) is 5.69 Å². The predicted molar refractivity (Wildman–Crippen MR) is 133 cm³/mol. The van der Waals surface area contributed by atoms with E-state index in [2.05, 4.69) is 33.4 Å². The zero-order valence-electron chi connectivity index (χ0n) is 19.2. The van der Waals surface area contributed by atoms with Gasteiger partial charge in [-0.05, 0) is 38.1 Å². The van der Waals surface area contributed by atoms with Crippen molar-refractivity contribution in [2.75, 3.05) is 43.4 Å². The standard InChI is InChI=1S/C27H27N5O2/c1-31-13-15-32(16-14-31)23-10-6-5-9-21(23)28-26(33)20-17-22(18-11-12-18)29-27-24(20)25(30-34-27)19-7-3-2-4-8-19/h2-10,17-18H,11-16H2,1H3,(H,28,33). The summed E-state index contributed by atoms with van der Waals surface area (Å²) < 4.78 is 5.64. The monoisotopic (exact) mass is 453 g/mol. The van der Waals surface area contributed by atoms with E-state index >= 15 is 0 Å². The van der Waals surface area contributed by atoms with Crippen molar-refractivity contribution in [1.82, 2.24) is 15.0 Å². The molecule has 2 aromatic carbocycles. The highest BCUT2D eigenvalue weighted by atomic mass is 16.5. The number of rotatable bonds is 5. The average Bonchev–Trinajstić information content (AvgIpc) is 3.64. The molecule has 34 heavy (non-hydrogen) atoms. The first-order chi connectivity index (χ1) is 16.7. The smallest absolute Gasteiger partial charge is 0.259 e. The summed E-state index contributed by atoms with van der Waals surface area (Å²) in [4.78, 5) is 23.1. The van der Waals surface area contributed by atoms with E-state index in [-0.39, 0.29) is 5.91 Å². The molecule has 1 saturated heterocycles. The number of piperazine rings is 1. The highest BCUT2D eigenvalue weighted by Gasteiger charge is 2.30. The molecule has 3 heterocycles. The number of fused-ring (bicyclic) bond motifs is 1. The van der Waals surface area contributed by atoms with Crippen molar-refractivity contribution in [2.45, 2.75) is 18.8 Å². The fraction of sp³-hybridized carbons (Fsp3) is 0.296. The number of aromatic nitrogens is 2. The van der Waals surface area contributed by atoms with Crippen molar-refractivity contribution < 1.29 is 9.32 Å². The number of nitrogens with zero attached hydrogens (tertiary/aromatic N) is 4. The first-order valence-corrected chi connectivity index (χ1v) is 11.9. The Morgan fingerprint density at radius 3 is 2.50 bits per heavy atom. The van der Waals surface area contributed by atoms with Gasteiger partial charge in [0, 0.05) is 43.4 Å². The third-order valence-electron chi connectivity index (χ3n) is 6.75. The van der Waals surface area contributed by atoms with Crippen LogP contribution in [-0.2, 0) is 0 Å². The average molecular weight is 454 g/mol. The Kier molecular flexibility index (Phi) is 5.26. The quantitative estimate of drug-likeness (QED) is 0.469. The summed E-state index contributed by atoms with van der Waals surface area (Å²) in [5.41, 5.74) is 5.27. The third kappa shape index (κ3) is 3.92. The molecule has 4 aromatic rings. The molecule has 2 fully saturated rings. The Bertz CT molecular complexity index is 1340. The van der Waals surface area contributed by atoms with E-state index in [9.17, 15) is 4.79 Å². The molecule has 2 aliphatic rings. The molecule has 1 aliphatic carbocycles. The normalized spacial score (nSPS) is 16.7. The number of benzene rings is 2. The lowest BCUT2D eigenvalue weighted by atomic mass is 10.0. The van der Waals surface area contributed by atoms with E-state index in [0.29, 0.717) is 28.3 Å². The number of likely N-dealkylation sites (N-methyl/N-ethyl adjacent to an activating group) is 1. The van der Waals surface area contributed by atoms with Crippen LogP contribution >= 0.6 is 0 Å². The third-order valence-corrected chi connectivity index (χ3v) is 6.75. The first-order valence-electron chi connectivity index (χ1n) is 11.9. The van der Waals surface area contributed by atoms with Gasteiger partial charge in [-0.3, -0.25) is 4.79 Å². The number of carbonyl (C=O) groups excluding carboxylic acids is 1. The Hall–Kier alpha value is -3.71. The van der Waals surface area contributed by atoms with Crippen molar-refractivity contribution >= 4 is 28.4 Å². The summed E-state index contributed by atoms with van der Waals surface area (Å²) in [6, 6.07) is 19.8. The second kappa shape index (κ2) is 8.57. The molecule has 1 N–H and O–H groups in total. The van der Waals surface area contributed by atoms with Crippen molar-refractivity contribution in [3.8, 4) is 11.3 Å². The van der Waals surface area contributed by atoms with Gasteiger partial charge in [-0.2, -0.15) is 0 Å². The van der Waals surface area contributed by atoms with E-state index in [1.54, 1.807) is 0 Å². The minimum absolute atomic E-state index is 0.170. The van der Waals surface area contributed by atoms with Crippen LogP contribution in [0.3, 0.4) is 0 Å². The maximum atomic E-state index is 13.8. The minimum Gasteiger partial charge on any atom is -0.367 e. The molecule has 1 aliphatic heterocycles. The van der Waals surface area contributed by atoms with Gasteiger partial charge in [0.15, 0.2) is 0 Å². The number of hydrogen-bond acceptors (Lipinski definition) is 6. The lowest BCUT2D eigenvalue weighted by Gasteiger charge is -2.35. The second-order valence-electron chi connectivity index (χ2n) is 9.21. The van der Waals surface area contributed by atoms with Gasteiger partial charge in [0.05, 0.1) is 22.3 Å². The van der Waals surface area contributed by atoms with Gasteiger partial charge in [-0.25, -0.2) is 4.98 Å². The molecule has 0 atom stereocenters. The summed E-state index contributed by atoms with van der Waals surface area (Å²) >= 11 is 0. The molecule has 172 valence electrons. The highest BCUT2D eigenvalue weighted by molar-refractivity contribution is 6.15. The number of amides is 1. The van der Waals surface area contributed by atoms with Crippen LogP contribution in [-0.4, -0.2) is 54.2 Å². The zero-order chi connectivity index (χ0) is 23.1. The zero-order valence-corrected chi connectivity index (χ0v) is 19.2. The molecule has 7 nitrogen and oxygen atoms in total. The van der Waals surface area contributed by atoms with Crippen LogP contribution in [0.1, 0.15) is 34.8 Å². The van der Waals surface area contributed by atoms with Crippen molar-refractivity contribution in [1.29, 1.82) is 0 Å². The Morgan fingerprint density at radius 1 is 1.00 bits per heavy atom. The largest absolute Gasteiger partial charge is 0.367 e. The number of carbonyl (C=O) groups is 1.